The summed E-state index contributed by atoms with van der Waals surface area (Å²) in [7, 11) is 1.55. The number of carbonyl (C=O) groups excluding carboxylic acids is 1. The summed E-state index contributed by atoms with van der Waals surface area (Å²) in [5.41, 5.74) is 0.519. The first-order valence-electron chi connectivity index (χ1n) is 6.57. The lowest BCUT2D eigenvalue weighted by Crippen LogP contribution is -2.49. The van der Waals surface area contributed by atoms with Crippen molar-refractivity contribution in [3.8, 4) is 5.75 Å². The van der Waals surface area contributed by atoms with Crippen LogP contribution < -0.4 is 4.74 Å². The molecular formula is C14H18Cl2N2O2. The Morgan fingerprint density at radius 3 is 2.60 bits per heavy atom. The molecule has 110 valence electrons. The highest BCUT2D eigenvalue weighted by Gasteiger charge is 2.24. The topological polar surface area (TPSA) is 32.8 Å². The van der Waals surface area contributed by atoms with Crippen LogP contribution >= 0.6 is 23.2 Å². The predicted molar refractivity (Wildman–Crippen MR) is 81.1 cm³/mol. The summed E-state index contributed by atoms with van der Waals surface area (Å²) in [6.07, 6.45) is 0. The first-order valence-corrected chi connectivity index (χ1v) is 7.48. The average Bonchev–Trinajstić information content (AvgIpc) is 2.47. The first-order chi connectivity index (χ1) is 9.65. The molecule has 0 spiro atoms. The quantitative estimate of drug-likeness (QED) is 0.799. The molecule has 6 heteroatoms. The van der Waals surface area contributed by atoms with Gasteiger partial charge in [0.15, 0.2) is 0 Å². The van der Waals surface area contributed by atoms with Crippen molar-refractivity contribution in [3.05, 3.63) is 28.8 Å². The third-order valence-corrected chi connectivity index (χ3v) is 3.86. The van der Waals surface area contributed by atoms with Crippen molar-refractivity contribution in [1.29, 1.82) is 0 Å². The van der Waals surface area contributed by atoms with Crippen LogP contribution in [0.1, 0.15) is 10.4 Å². The van der Waals surface area contributed by atoms with Gasteiger partial charge in [-0.25, -0.2) is 0 Å². The highest BCUT2D eigenvalue weighted by atomic mass is 35.5. The second kappa shape index (κ2) is 7.16. The van der Waals surface area contributed by atoms with Gasteiger partial charge in [0.25, 0.3) is 5.91 Å². The zero-order chi connectivity index (χ0) is 14.5. The van der Waals surface area contributed by atoms with Crippen LogP contribution in [0.3, 0.4) is 0 Å². The summed E-state index contributed by atoms with van der Waals surface area (Å²) in [5.74, 6) is 1.15. The van der Waals surface area contributed by atoms with E-state index in [1.807, 2.05) is 4.90 Å². The van der Waals surface area contributed by atoms with E-state index in [1.54, 1.807) is 25.3 Å². The molecule has 0 atom stereocenters. The molecule has 1 amide bonds. The molecular weight excluding hydrogens is 299 g/mol. The predicted octanol–water partition coefficient (Wildman–Crippen LogP) is 2.35. The molecule has 0 aromatic heterocycles. The Hall–Kier alpha value is -0.970. The Morgan fingerprint density at radius 2 is 2.00 bits per heavy atom. The largest absolute Gasteiger partial charge is 0.496 e. The Kier molecular flexibility index (Phi) is 5.52. The van der Waals surface area contributed by atoms with Crippen LogP contribution in [0.4, 0.5) is 0 Å². The number of ether oxygens (including phenoxy) is 1. The fraction of sp³-hybridized carbons (Fsp3) is 0.500. The molecule has 0 bridgehead atoms. The average molecular weight is 317 g/mol. The molecule has 1 aromatic rings. The van der Waals surface area contributed by atoms with Gasteiger partial charge in [-0.05, 0) is 18.2 Å². The van der Waals surface area contributed by atoms with E-state index in [1.165, 1.54) is 0 Å². The molecule has 0 unspecified atom stereocenters. The van der Waals surface area contributed by atoms with Crippen LogP contribution in [-0.4, -0.2) is 61.4 Å². The Balaban J connectivity index is 2.07. The number of piperazine rings is 1. The van der Waals surface area contributed by atoms with Crippen molar-refractivity contribution in [2.75, 3.05) is 45.7 Å². The maximum atomic E-state index is 12.5. The molecule has 1 aromatic carbocycles. The van der Waals surface area contributed by atoms with Gasteiger partial charge in [0, 0.05) is 43.6 Å². The molecule has 1 heterocycles. The van der Waals surface area contributed by atoms with E-state index in [0.29, 0.717) is 35.3 Å². The van der Waals surface area contributed by atoms with E-state index in [4.69, 9.17) is 27.9 Å². The zero-order valence-electron chi connectivity index (χ0n) is 11.4. The number of amides is 1. The van der Waals surface area contributed by atoms with E-state index in [-0.39, 0.29) is 5.91 Å². The second-order valence-electron chi connectivity index (χ2n) is 4.67. The summed E-state index contributed by atoms with van der Waals surface area (Å²) in [5, 5.41) is 0.537. The van der Waals surface area contributed by atoms with E-state index in [0.717, 1.165) is 19.6 Å². The van der Waals surface area contributed by atoms with Crippen LogP contribution in [0.25, 0.3) is 0 Å². The van der Waals surface area contributed by atoms with Crippen molar-refractivity contribution >= 4 is 29.1 Å². The molecule has 0 N–H and O–H groups in total. The van der Waals surface area contributed by atoms with Crippen LogP contribution in [0.15, 0.2) is 18.2 Å². The van der Waals surface area contributed by atoms with Crippen LogP contribution in [-0.2, 0) is 0 Å². The highest BCUT2D eigenvalue weighted by molar-refractivity contribution is 6.31. The van der Waals surface area contributed by atoms with Crippen LogP contribution in [0.2, 0.25) is 5.02 Å². The molecule has 4 nitrogen and oxygen atoms in total. The van der Waals surface area contributed by atoms with Gasteiger partial charge in [0.2, 0.25) is 0 Å². The minimum atomic E-state index is -0.0325. The summed E-state index contributed by atoms with van der Waals surface area (Å²) in [6, 6.07) is 5.10. The third-order valence-electron chi connectivity index (χ3n) is 3.45. The maximum absolute atomic E-state index is 12.5. The van der Waals surface area contributed by atoms with Gasteiger partial charge in [0.1, 0.15) is 5.75 Å². The number of carbonyl (C=O) groups is 1. The van der Waals surface area contributed by atoms with E-state index in [9.17, 15) is 4.79 Å². The molecule has 2 rings (SSSR count). The zero-order valence-corrected chi connectivity index (χ0v) is 13.0. The number of alkyl halides is 1. The summed E-state index contributed by atoms with van der Waals surface area (Å²) in [6.45, 7) is 3.96. The lowest BCUT2D eigenvalue weighted by atomic mass is 10.1. The molecule has 1 fully saturated rings. The second-order valence-corrected chi connectivity index (χ2v) is 5.48. The number of benzene rings is 1. The van der Waals surface area contributed by atoms with Crippen LogP contribution in [0.5, 0.6) is 5.75 Å². The number of methoxy groups -OCH3 is 1. The molecule has 1 aliphatic heterocycles. The summed E-state index contributed by atoms with van der Waals surface area (Å²) in [4.78, 5) is 16.6. The fourth-order valence-corrected chi connectivity index (χ4v) is 2.72. The first kappa shape index (κ1) is 15.4. The van der Waals surface area contributed by atoms with E-state index >= 15 is 0 Å². The van der Waals surface area contributed by atoms with E-state index < -0.39 is 0 Å². The van der Waals surface area contributed by atoms with Crippen molar-refractivity contribution in [2.45, 2.75) is 0 Å². The monoisotopic (exact) mass is 316 g/mol. The fourth-order valence-electron chi connectivity index (χ4n) is 2.31. The number of hydrogen-bond donors (Lipinski definition) is 0. The lowest BCUT2D eigenvalue weighted by Gasteiger charge is -2.34. The SMILES string of the molecule is COc1ccc(Cl)cc1C(=O)N1CCN(CCCl)CC1. The van der Waals surface area contributed by atoms with Crippen molar-refractivity contribution in [3.63, 3.8) is 0 Å². The number of nitrogens with zero attached hydrogens (tertiary/aromatic N) is 2. The normalized spacial score (nSPS) is 16.2. The molecule has 0 aliphatic carbocycles. The minimum absolute atomic E-state index is 0.0325. The minimum Gasteiger partial charge on any atom is -0.496 e. The number of rotatable bonds is 4. The highest BCUT2D eigenvalue weighted by Crippen LogP contribution is 2.24. The van der Waals surface area contributed by atoms with Gasteiger partial charge in [-0.1, -0.05) is 11.6 Å². The number of hydrogen-bond acceptors (Lipinski definition) is 3. The van der Waals surface area contributed by atoms with Crippen molar-refractivity contribution < 1.29 is 9.53 Å². The summed E-state index contributed by atoms with van der Waals surface area (Å²) < 4.78 is 5.24. The third kappa shape index (κ3) is 3.57. The summed E-state index contributed by atoms with van der Waals surface area (Å²) >= 11 is 11.7. The Morgan fingerprint density at radius 1 is 1.30 bits per heavy atom. The Labute approximate surface area is 129 Å². The molecule has 1 saturated heterocycles. The lowest BCUT2D eigenvalue weighted by molar-refractivity contribution is 0.0641. The van der Waals surface area contributed by atoms with Gasteiger partial charge >= 0.3 is 0 Å². The van der Waals surface area contributed by atoms with Gasteiger partial charge in [-0.15, -0.1) is 11.6 Å². The maximum Gasteiger partial charge on any atom is 0.257 e. The van der Waals surface area contributed by atoms with Gasteiger partial charge in [-0.3, -0.25) is 9.69 Å². The molecule has 0 saturated carbocycles. The van der Waals surface area contributed by atoms with Gasteiger partial charge < -0.3 is 9.64 Å². The van der Waals surface area contributed by atoms with Crippen molar-refractivity contribution in [2.24, 2.45) is 0 Å². The van der Waals surface area contributed by atoms with Gasteiger partial charge in [0.05, 0.1) is 12.7 Å². The number of halogens is 2. The molecule has 0 radical (unpaired) electrons. The Bertz CT molecular complexity index is 474. The molecule has 20 heavy (non-hydrogen) atoms. The van der Waals surface area contributed by atoms with Crippen LogP contribution in [0, 0.1) is 0 Å². The molecule has 1 aliphatic rings. The standard InChI is InChI=1S/C14H18Cl2N2O2/c1-20-13-3-2-11(16)10-12(13)14(19)18-8-6-17(5-4-15)7-9-18/h2-3,10H,4-9H2,1H3. The van der Waals surface area contributed by atoms with Crippen molar-refractivity contribution in [1.82, 2.24) is 9.80 Å². The van der Waals surface area contributed by atoms with E-state index in [2.05, 4.69) is 4.90 Å². The van der Waals surface area contributed by atoms with Gasteiger partial charge in [-0.2, -0.15) is 0 Å². The smallest absolute Gasteiger partial charge is 0.257 e.